The van der Waals surface area contributed by atoms with Gasteiger partial charge in [0.1, 0.15) is 17.9 Å². The van der Waals surface area contributed by atoms with Gasteiger partial charge in [-0.2, -0.15) is 0 Å². The number of guanidine groups is 1. The quantitative estimate of drug-likeness (QED) is 0.250. The predicted molar refractivity (Wildman–Crippen MR) is 130 cm³/mol. The fourth-order valence-electron chi connectivity index (χ4n) is 3.14. The Morgan fingerprint density at radius 3 is 2.87 bits per heavy atom. The molecule has 0 aliphatic rings. The Balaban J connectivity index is 0.00000320. The van der Waals surface area contributed by atoms with E-state index in [0.717, 1.165) is 53.8 Å². The molecule has 3 rings (SSSR count). The van der Waals surface area contributed by atoms with Gasteiger partial charge < -0.3 is 24.4 Å². The number of furan rings is 1. The lowest BCUT2D eigenvalue weighted by Crippen LogP contribution is -2.38. The number of benzene rings is 1. The molecule has 1 atom stereocenters. The molecule has 1 unspecified atom stereocenters. The summed E-state index contributed by atoms with van der Waals surface area (Å²) in [5.41, 5.74) is 0.777. The fourth-order valence-corrected chi connectivity index (χ4v) is 3.14. The fraction of sp³-hybridized carbons (Fsp3) is 0.476. The average molecular weight is 526 g/mol. The van der Waals surface area contributed by atoms with Gasteiger partial charge in [-0.3, -0.25) is 4.99 Å². The van der Waals surface area contributed by atoms with Crippen LogP contribution < -0.4 is 15.4 Å². The lowest BCUT2D eigenvalue weighted by Gasteiger charge is -2.16. The van der Waals surface area contributed by atoms with Crippen molar-refractivity contribution in [2.45, 2.75) is 46.7 Å². The molecule has 0 aliphatic heterocycles. The number of fused-ring (bicyclic) bond motifs is 1. The number of hydrogen-bond donors (Lipinski definition) is 2. The van der Waals surface area contributed by atoms with Crippen LogP contribution in [0.3, 0.4) is 0 Å². The third-order valence-corrected chi connectivity index (χ3v) is 4.57. The van der Waals surface area contributed by atoms with E-state index in [1.54, 1.807) is 6.33 Å². The number of aromatic nitrogens is 3. The van der Waals surface area contributed by atoms with Gasteiger partial charge in [-0.15, -0.1) is 34.2 Å². The number of rotatable bonds is 9. The second-order valence-corrected chi connectivity index (χ2v) is 6.68. The summed E-state index contributed by atoms with van der Waals surface area (Å²) < 4.78 is 13.8. The molecular formula is C21H31IN6O2. The molecule has 0 amide bonds. The number of ether oxygens (including phenoxy) is 1. The zero-order valence-electron chi connectivity index (χ0n) is 18.0. The Morgan fingerprint density at radius 1 is 1.30 bits per heavy atom. The molecule has 8 nitrogen and oxygen atoms in total. The van der Waals surface area contributed by atoms with E-state index in [-0.39, 0.29) is 30.0 Å². The molecule has 30 heavy (non-hydrogen) atoms. The molecule has 0 aliphatic carbocycles. The van der Waals surface area contributed by atoms with Crippen molar-refractivity contribution in [3.63, 3.8) is 0 Å². The maximum absolute atomic E-state index is 6.10. The smallest absolute Gasteiger partial charge is 0.191 e. The number of para-hydroxylation sites is 1. The van der Waals surface area contributed by atoms with Crippen molar-refractivity contribution in [3.8, 4) is 5.75 Å². The Bertz CT molecular complexity index is 952. The third kappa shape index (κ3) is 5.87. The molecule has 164 valence electrons. The minimum Gasteiger partial charge on any atom is -0.490 e. The summed E-state index contributed by atoms with van der Waals surface area (Å²) in [6.45, 7) is 10.9. The van der Waals surface area contributed by atoms with E-state index >= 15 is 0 Å². The first-order valence-corrected chi connectivity index (χ1v) is 10.2. The van der Waals surface area contributed by atoms with Gasteiger partial charge in [0.2, 0.25) is 0 Å². The summed E-state index contributed by atoms with van der Waals surface area (Å²) in [6, 6.07) is 7.94. The van der Waals surface area contributed by atoms with Crippen molar-refractivity contribution >= 4 is 40.9 Å². The van der Waals surface area contributed by atoms with Crippen molar-refractivity contribution in [1.82, 2.24) is 25.4 Å². The Labute approximate surface area is 194 Å². The van der Waals surface area contributed by atoms with Gasteiger partial charge in [0.25, 0.3) is 0 Å². The SMILES string of the molecule is CCNC(=NCCn1cnnc1CC)NC(C)c1cc2cccc(OCC)c2o1.I. The molecule has 1 aromatic carbocycles. The number of nitrogens with one attached hydrogen (secondary N) is 2. The summed E-state index contributed by atoms with van der Waals surface area (Å²) in [4.78, 5) is 4.68. The molecule has 0 saturated carbocycles. The van der Waals surface area contributed by atoms with Crippen LogP contribution >= 0.6 is 24.0 Å². The Morgan fingerprint density at radius 2 is 2.13 bits per heavy atom. The van der Waals surface area contributed by atoms with Crippen LogP contribution in [-0.4, -0.2) is 40.4 Å². The van der Waals surface area contributed by atoms with Crippen LogP contribution in [-0.2, 0) is 13.0 Å². The molecule has 0 saturated heterocycles. The molecule has 3 aromatic rings. The highest BCUT2D eigenvalue weighted by atomic mass is 127. The highest BCUT2D eigenvalue weighted by Gasteiger charge is 2.15. The van der Waals surface area contributed by atoms with Gasteiger partial charge >= 0.3 is 0 Å². The summed E-state index contributed by atoms with van der Waals surface area (Å²) in [5, 5.41) is 15.8. The maximum Gasteiger partial charge on any atom is 0.191 e. The minimum atomic E-state index is -0.0456. The van der Waals surface area contributed by atoms with Crippen LogP contribution in [0.1, 0.15) is 45.3 Å². The molecule has 0 bridgehead atoms. The maximum atomic E-state index is 6.10. The van der Waals surface area contributed by atoms with Gasteiger partial charge in [-0.05, 0) is 32.9 Å². The average Bonchev–Trinajstić information content (AvgIpc) is 3.35. The topological polar surface area (TPSA) is 89.5 Å². The molecule has 0 spiro atoms. The van der Waals surface area contributed by atoms with E-state index in [4.69, 9.17) is 9.15 Å². The number of hydrogen-bond acceptors (Lipinski definition) is 5. The summed E-state index contributed by atoms with van der Waals surface area (Å²) >= 11 is 0. The summed E-state index contributed by atoms with van der Waals surface area (Å²) in [6.07, 6.45) is 2.61. The van der Waals surface area contributed by atoms with Gasteiger partial charge in [0.15, 0.2) is 17.3 Å². The zero-order valence-corrected chi connectivity index (χ0v) is 20.3. The highest BCUT2D eigenvalue weighted by molar-refractivity contribution is 14.0. The van der Waals surface area contributed by atoms with Crippen molar-refractivity contribution < 1.29 is 9.15 Å². The lowest BCUT2D eigenvalue weighted by atomic mass is 10.2. The van der Waals surface area contributed by atoms with Crippen LogP contribution in [0.2, 0.25) is 0 Å². The largest absolute Gasteiger partial charge is 0.490 e. The van der Waals surface area contributed by atoms with Crippen LogP contribution in [0.15, 0.2) is 40.0 Å². The van der Waals surface area contributed by atoms with Crippen LogP contribution in [0.25, 0.3) is 11.0 Å². The number of aliphatic imine (C=N–C) groups is 1. The highest BCUT2D eigenvalue weighted by Crippen LogP contribution is 2.31. The minimum absolute atomic E-state index is 0. The Hall–Kier alpha value is -2.30. The van der Waals surface area contributed by atoms with Crippen molar-refractivity contribution in [3.05, 3.63) is 42.2 Å². The van der Waals surface area contributed by atoms with Crippen molar-refractivity contribution in [2.24, 2.45) is 4.99 Å². The van der Waals surface area contributed by atoms with Gasteiger partial charge in [0, 0.05) is 24.9 Å². The van der Waals surface area contributed by atoms with E-state index < -0.39 is 0 Å². The summed E-state index contributed by atoms with van der Waals surface area (Å²) in [7, 11) is 0. The second kappa shape index (κ2) is 11.8. The Kier molecular flexibility index (Phi) is 9.41. The lowest BCUT2D eigenvalue weighted by molar-refractivity contribution is 0.336. The van der Waals surface area contributed by atoms with Gasteiger partial charge in [0.05, 0.1) is 19.2 Å². The molecule has 2 N–H and O–H groups in total. The first kappa shape index (κ1) is 24.0. The molecule has 0 fully saturated rings. The zero-order chi connectivity index (χ0) is 20.6. The van der Waals surface area contributed by atoms with E-state index in [2.05, 4.69) is 39.7 Å². The third-order valence-electron chi connectivity index (χ3n) is 4.57. The van der Waals surface area contributed by atoms with Crippen LogP contribution in [0.5, 0.6) is 5.75 Å². The van der Waals surface area contributed by atoms with Gasteiger partial charge in [-0.1, -0.05) is 19.1 Å². The number of aryl methyl sites for hydroxylation is 1. The summed E-state index contributed by atoms with van der Waals surface area (Å²) in [5.74, 6) is 3.32. The molecule has 0 radical (unpaired) electrons. The molecule has 9 heteroatoms. The van der Waals surface area contributed by atoms with E-state index in [0.29, 0.717) is 13.2 Å². The number of nitrogens with zero attached hydrogens (tertiary/aromatic N) is 4. The van der Waals surface area contributed by atoms with Crippen LogP contribution in [0, 0.1) is 0 Å². The van der Waals surface area contributed by atoms with Gasteiger partial charge in [-0.25, -0.2) is 0 Å². The standard InChI is InChI=1S/C21H30N6O2.HI/c1-5-19-26-24-14-27(19)12-11-23-21(22-6-2)25-15(4)18-13-16-9-8-10-17(28-7-3)20(16)29-18;/h8-10,13-15H,5-7,11-12H2,1-4H3,(H2,22,23,25);1H. The number of halogens is 1. The molecule has 2 aromatic heterocycles. The molecule has 2 heterocycles. The normalized spacial score (nSPS) is 12.5. The van der Waals surface area contributed by atoms with E-state index in [1.807, 2.05) is 42.7 Å². The first-order valence-electron chi connectivity index (χ1n) is 10.2. The molecular weight excluding hydrogens is 495 g/mol. The van der Waals surface area contributed by atoms with E-state index in [9.17, 15) is 0 Å². The van der Waals surface area contributed by atoms with E-state index in [1.165, 1.54) is 0 Å². The monoisotopic (exact) mass is 526 g/mol. The van der Waals surface area contributed by atoms with Crippen LogP contribution in [0.4, 0.5) is 0 Å². The first-order chi connectivity index (χ1) is 14.2. The van der Waals surface area contributed by atoms with Crippen molar-refractivity contribution in [1.29, 1.82) is 0 Å². The second-order valence-electron chi connectivity index (χ2n) is 6.68. The predicted octanol–water partition coefficient (Wildman–Crippen LogP) is 3.92. The van der Waals surface area contributed by atoms with Crippen molar-refractivity contribution in [2.75, 3.05) is 19.7 Å².